The minimum absolute atomic E-state index is 0.153. The first-order valence-corrected chi connectivity index (χ1v) is 7.63. The van der Waals surface area contributed by atoms with Gasteiger partial charge >= 0.3 is 0 Å². The van der Waals surface area contributed by atoms with E-state index in [9.17, 15) is 4.79 Å². The standard InChI is InChI=1S/C17H19NO3S/c1-11-5-7-13(8-6-11)22-17-10-15(20-3)14(18-12(2)19)9-16(17)21-4/h5-10H,1-4H3,(H,18,19). The van der Waals surface area contributed by atoms with Crippen molar-refractivity contribution in [1.29, 1.82) is 0 Å². The van der Waals surface area contributed by atoms with Crippen molar-refractivity contribution in [3.63, 3.8) is 0 Å². The number of methoxy groups -OCH3 is 2. The van der Waals surface area contributed by atoms with Gasteiger partial charge in [0.1, 0.15) is 11.5 Å². The van der Waals surface area contributed by atoms with E-state index in [0.29, 0.717) is 17.2 Å². The predicted octanol–water partition coefficient (Wildman–Crippen LogP) is 4.12. The Morgan fingerprint density at radius 3 is 2.23 bits per heavy atom. The summed E-state index contributed by atoms with van der Waals surface area (Å²) < 4.78 is 10.8. The summed E-state index contributed by atoms with van der Waals surface area (Å²) in [5.41, 5.74) is 1.81. The maximum absolute atomic E-state index is 11.3. The second-order valence-corrected chi connectivity index (χ2v) is 5.92. The third kappa shape index (κ3) is 3.95. The lowest BCUT2D eigenvalue weighted by Gasteiger charge is -2.14. The van der Waals surface area contributed by atoms with E-state index in [-0.39, 0.29) is 5.91 Å². The molecular formula is C17H19NO3S. The van der Waals surface area contributed by atoms with Gasteiger partial charge in [0.2, 0.25) is 5.91 Å². The number of hydrogen-bond acceptors (Lipinski definition) is 4. The fourth-order valence-electron chi connectivity index (χ4n) is 1.97. The van der Waals surface area contributed by atoms with Gasteiger partial charge in [-0.15, -0.1) is 0 Å². The highest BCUT2D eigenvalue weighted by Gasteiger charge is 2.13. The highest BCUT2D eigenvalue weighted by atomic mass is 32.2. The van der Waals surface area contributed by atoms with E-state index in [2.05, 4.69) is 36.5 Å². The van der Waals surface area contributed by atoms with E-state index in [1.54, 1.807) is 32.0 Å². The predicted molar refractivity (Wildman–Crippen MR) is 89.2 cm³/mol. The zero-order chi connectivity index (χ0) is 16.1. The lowest BCUT2D eigenvalue weighted by Crippen LogP contribution is -2.07. The average molecular weight is 317 g/mol. The minimum atomic E-state index is -0.153. The Morgan fingerprint density at radius 2 is 1.68 bits per heavy atom. The minimum Gasteiger partial charge on any atom is -0.495 e. The summed E-state index contributed by atoms with van der Waals surface area (Å²) in [7, 11) is 3.19. The summed E-state index contributed by atoms with van der Waals surface area (Å²) in [6, 6.07) is 11.9. The SMILES string of the molecule is COc1cc(Sc2ccc(C)cc2)c(OC)cc1NC(C)=O. The van der Waals surface area contributed by atoms with Crippen molar-refractivity contribution >= 4 is 23.4 Å². The Morgan fingerprint density at radius 1 is 1.05 bits per heavy atom. The molecule has 5 heteroatoms. The Hall–Kier alpha value is -2.14. The Balaban J connectivity index is 2.37. The zero-order valence-electron chi connectivity index (χ0n) is 13.1. The molecule has 0 heterocycles. The second kappa shape index (κ2) is 7.22. The number of rotatable bonds is 5. The molecule has 0 bridgehead atoms. The highest BCUT2D eigenvalue weighted by Crippen LogP contribution is 2.41. The van der Waals surface area contributed by atoms with Gasteiger partial charge in [0, 0.05) is 17.9 Å². The maximum atomic E-state index is 11.3. The van der Waals surface area contributed by atoms with Crippen LogP contribution in [0.4, 0.5) is 5.69 Å². The smallest absolute Gasteiger partial charge is 0.221 e. The molecule has 116 valence electrons. The van der Waals surface area contributed by atoms with Crippen LogP contribution in [0, 0.1) is 6.92 Å². The Bertz CT molecular complexity index is 668. The Labute approximate surface area is 134 Å². The summed E-state index contributed by atoms with van der Waals surface area (Å²) >= 11 is 1.59. The summed E-state index contributed by atoms with van der Waals surface area (Å²) in [6.45, 7) is 3.52. The number of carbonyl (C=O) groups is 1. The fraction of sp³-hybridized carbons (Fsp3) is 0.235. The molecule has 0 aliphatic heterocycles. The van der Waals surface area contributed by atoms with Gasteiger partial charge in [0.25, 0.3) is 0 Å². The van der Waals surface area contributed by atoms with Crippen LogP contribution in [0.15, 0.2) is 46.2 Å². The number of nitrogens with one attached hydrogen (secondary N) is 1. The van der Waals surface area contributed by atoms with E-state index >= 15 is 0 Å². The zero-order valence-corrected chi connectivity index (χ0v) is 13.9. The van der Waals surface area contributed by atoms with E-state index < -0.39 is 0 Å². The maximum Gasteiger partial charge on any atom is 0.221 e. The molecule has 1 N–H and O–H groups in total. The van der Waals surface area contributed by atoms with Crippen LogP contribution in [0.5, 0.6) is 11.5 Å². The number of aryl methyl sites for hydroxylation is 1. The van der Waals surface area contributed by atoms with Gasteiger partial charge in [-0.25, -0.2) is 0 Å². The van der Waals surface area contributed by atoms with Crippen molar-refractivity contribution < 1.29 is 14.3 Å². The van der Waals surface area contributed by atoms with E-state index in [0.717, 1.165) is 9.79 Å². The van der Waals surface area contributed by atoms with Gasteiger partial charge < -0.3 is 14.8 Å². The van der Waals surface area contributed by atoms with E-state index in [4.69, 9.17) is 9.47 Å². The molecule has 0 aliphatic carbocycles. The first kappa shape index (κ1) is 16.2. The summed E-state index contributed by atoms with van der Waals surface area (Å²) in [6.07, 6.45) is 0. The molecule has 22 heavy (non-hydrogen) atoms. The molecule has 2 rings (SSSR count). The van der Waals surface area contributed by atoms with Crippen molar-refractivity contribution in [2.45, 2.75) is 23.6 Å². The molecule has 2 aromatic rings. The number of carbonyl (C=O) groups excluding carboxylic acids is 1. The van der Waals surface area contributed by atoms with Crippen LogP contribution < -0.4 is 14.8 Å². The van der Waals surface area contributed by atoms with Crippen molar-refractivity contribution in [3.05, 3.63) is 42.0 Å². The third-order valence-corrected chi connectivity index (χ3v) is 4.09. The number of ether oxygens (including phenoxy) is 2. The molecule has 0 saturated carbocycles. The number of amides is 1. The second-order valence-electron chi connectivity index (χ2n) is 4.80. The van der Waals surface area contributed by atoms with Gasteiger partial charge in [0.15, 0.2) is 0 Å². The molecule has 0 unspecified atom stereocenters. The van der Waals surface area contributed by atoms with Crippen LogP contribution in [-0.2, 0) is 4.79 Å². The normalized spacial score (nSPS) is 10.2. The largest absolute Gasteiger partial charge is 0.495 e. The lowest BCUT2D eigenvalue weighted by atomic mass is 10.2. The molecule has 0 saturated heterocycles. The van der Waals surface area contributed by atoms with Crippen LogP contribution >= 0.6 is 11.8 Å². The molecule has 0 spiro atoms. The average Bonchev–Trinajstić information content (AvgIpc) is 2.50. The van der Waals surface area contributed by atoms with Gasteiger partial charge in [0.05, 0.1) is 24.8 Å². The third-order valence-electron chi connectivity index (χ3n) is 3.05. The molecule has 0 radical (unpaired) electrons. The van der Waals surface area contributed by atoms with Crippen molar-refractivity contribution in [2.24, 2.45) is 0 Å². The molecule has 0 atom stereocenters. The van der Waals surface area contributed by atoms with Gasteiger partial charge in [-0.3, -0.25) is 4.79 Å². The lowest BCUT2D eigenvalue weighted by molar-refractivity contribution is -0.114. The van der Waals surface area contributed by atoms with Crippen LogP contribution in [0.2, 0.25) is 0 Å². The number of hydrogen-bond donors (Lipinski definition) is 1. The van der Waals surface area contributed by atoms with E-state index in [1.807, 2.05) is 6.07 Å². The van der Waals surface area contributed by atoms with Crippen LogP contribution in [-0.4, -0.2) is 20.1 Å². The van der Waals surface area contributed by atoms with Crippen LogP contribution in [0.1, 0.15) is 12.5 Å². The molecule has 4 nitrogen and oxygen atoms in total. The fourth-order valence-corrected chi connectivity index (χ4v) is 2.90. The summed E-state index contributed by atoms with van der Waals surface area (Å²) in [5, 5.41) is 2.74. The quantitative estimate of drug-likeness (QED) is 0.901. The topological polar surface area (TPSA) is 47.6 Å². The van der Waals surface area contributed by atoms with Crippen molar-refractivity contribution in [3.8, 4) is 11.5 Å². The van der Waals surface area contributed by atoms with Gasteiger partial charge in [-0.05, 0) is 25.1 Å². The van der Waals surface area contributed by atoms with Gasteiger partial charge in [-0.1, -0.05) is 29.5 Å². The Kier molecular flexibility index (Phi) is 5.33. The first-order chi connectivity index (χ1) is 10.5. The van der Waals surface area contributed by atoms with Crippen molar-refractivity contribution in [1.82, 2.24) is 0 Å². The first-order valence-electron chi connectivity index (χ1n) is 6.81. The summed E-state index contributed by atoms with van der Waals surface area (Å²) in [4.78, 5) is 13.3. The van der Waals surface area contributed by atoms with Crippen LogP contribution in [0.25, 0.3) is 0 Å². The molecule has 0 fully saturated rings. The molecule has 1 amide bonds. The summed E-state index contributed by atoms with van der Waals surface area (Å²) in [5.74, 6) is 1.14. The van der Waals surface area contributed by atoms with Crippen LogP contribution in [0.3, 0.4) is 0 Å². The molecule has 2 aromatic carbocycles. The number of anilines is 1. The molecule has 0 aliphatic rings. The number of benzene rings is 2. The highest BCUT2D eigenvalue weighted by molar-refractivity contribution is 7.99. The molecule has 0 aromatic heterocycles. The van der Waals surface area contributed by atoms with E-state index in [1.165, 1.54) is 12.5 Å². The van der Waals surface area contributed by atoms with Crippen molar-refractivity contribution in [2.75, 3.05) is 19.5 Å². The molecular weight excluding hydrogens is 298 g/mol. The monoisotopic (exact) mass is 317 g/mol. The van der Waals surface area contributed by atoms with Gasteiger partial charge in [-0.2, -0.15) is 0 Å².